The number of hydrogen-bond donors (Lipinski definition) is 4. The average Bonchev–Trinajstić information content (AvgIpc) is 2.31. The number of hydrogen-bond acceptors (Lipinski definition) is 4. The van der Waals surface area contributed by atoms with Crippen LogP contribution in [-0.4, -0.2) is 11.3 Å². The standard InChI is InChI=1S/C10H15N3O3/c1-2-7-4-3-5-9(8(7)6-16-15)12-10(14)13-11/h3-5,15H,2,6,11H2,1H3,(H2,12,13,14). The molecule has 0 heterocycles. The van der Waals surface area contributed by atoms with Gasteiger partial charge in [0.25, 0.3) is 0 Å². The molecule has 0 unspecified atom stereocenters. The molecule has 6 nitrogen and oxygen atoms in total. The Balaban J connectivity index is 3.01. The van der Waals surface area contributed by atoms with E-state index in [4.69, 9.17) is 11.1 Å². The van der Waals surface area contributed by atoms with Crippen LogP contribution in [0.1, 0.15) is 18.1 Å². The number of amides is 2. The molecule has 0 aliphatic heterocycles. The van der Waals surface area contributed by atoms with Gasteiger partial charge in [-0.2, -0.15) is 0 Å². The van der Waals surface area contributed by atoms with Crippen LogP contribution in [0.25, 0.3) is 0 Å². The molecule has 0 saturated carbocycles. The van der Waals surface area contributed by atoms with E-state index in [9.17, 15) is 4.79 Å². The Morgan fingerprint density at radius 1 is 1.56 bits per heavy atom. The van der Waals surface area contributed by atoms with Crippen LogP contribution in [0.5, 0.6) is 0 Å². The second kappa shape index (κ2) is 6.06. The quantitative estimate of drug-likeness (QED) is 0.268. The fraction of sp³-hybridized carbons (Fsp3) is 0.300. The Morgan fingerprint density at radius 2 is 2.31 bits per heavy atom. The van der Waals surface area contributed by atoms with Crippen LogP contribution < -0.4 is 16.6 Å². The van der Waals surface area contributed by atoms with E-state index in [1.165, 1.54) is 0 Å². The topological polar surface area (TPSA) is 96.6 Å². The molecule has 88 valence electrons. The molecule has 6 heteroatoms. The highest BCUT2D eigenvalue weighted by Crippen LogP contribution is 2.21. The predicted octanol–water partition coefficient (Wildman–Crippen LogP) is 1.23. The second-order valence-electron chi connectivity index (χ2n) is 3.17. The van der Waals surface area contributed by atoms with Gasteiger partial charge in [0, 0.05) is 11.3 Å². The smallest absolute Gasteiger partial charge is 0.307 e. The van der Waals surface area contributed by atoms with Crippen molar-refractivity contribution < 1.29 is 14.9 Å². The van der Waals surface area contributed by atoms with Gasteiger partial charge in [-0.25, -0.2) is 15.5 Å². The van der Waals surface area contributed by atoms with Crippen LogP contribution in [0.3, 0.4) is 0 Å². The Bertz CT molecular complexity index is 368. The summed E-state index contributed by atoms with van der Waals surface area (Å²) in [6, 6.07) is 4.90. The summed E-state index contributed by atoms with van der Waals surface area (Å²) in [5, 5.41) is 11.1. The first-order chi connectivity index (χ1) is 7.72. The van der Waals surface area contributed by atoms with Crippen molar-refractivity contribution in [3.63, 3.8) is 0 Å². The number of benzene rings is 1. The van der Waals surface area contributed by atoms with Gasteiger partial charge in [-0.05, 0) is 18.1 Å². The summed E-state index contributed by atoms with van der Waals surface area (Å²) in [5.41, 5.74) is 4.26. The van der Waals surface area contributed by atoms with Gasteiger partial charge in [-0.1, -0.05) is 19.1 Å². The van der Waals surface area contributed by atoms with Crippen molar-refractivity contribution in [2.45, 2.75) is 20.0 Å². The monoisotopic (exact) mass is 225 g/mol. The minimum Gasteiger partial charge on any atom is -0.307 e. The fourth-order valence-corrected chi connectivity index (χ4v) is 1.48. The lowest BCUT2D eigenvalue weighted by Crippen LogP contribution is -2.34. The normalized spacial score (nSPS) is 9.94. The van der Waals surface area contributed by atoms with Crippen molar-refractivity contribution in [3.8, 4) is 0 Å². The van der Waals surface area contributed by atoms with E-state index in [1.54, 1.807) is 6.07 Å². The molecule has 1 aromatic carbocycles. The average molecular weight is 225 g/mol. The molecule has 0 spiro atoms. The lowest BCUT2D eigenvalue weighted by Gasteiger charge is -2.13. The predicted molar refractivity (Wildman–Crippen MR) is 59.6 cm³/mol. The molecule has 0 aliphatic carbocycles. The molecule has 1 aromatic rings. The van der Waals surface area contributed by atoms with Crippen LogP contribution in [-0.2, 0) is 17.9 Å². The van der Waals surface area contributed by atoms with Gasteiger partial charge in [0.2, 0.25) is 0 Å². The number of rotatable bonds is 4. The third-order valence-corrected chi connectivity index (χ3v) is 2.24. The van der Waals surface area contributed by atoms with Crippen LogP contribution in [0.2, 0.25) is 0 Å². The second-order valence-corrected chi connectivity index (χ2v) is 3.17. The van der Waals surface area contributed by atoms with Crippen molar-refractivity contribution in [2.24, 2.45) is 5.84 Å². The number of hydrazine groups is 1. The molecule has 0 fully saturated rings. The van der Waals surface area contributed by atoms with Gasteiger partial charge in [0.1, 0.15) is 6.61 Å². The zero-order chi connectivity index (χ0) is 12.0. The molecular weight excluding hydrogens is 210 g/mol. The highest BCUT2D eigenvalue weighted by atomic mass is 17.1. The molecule has 1 rings (SSSR count). The molecule has 0 saturated heterocycles. The van der Waals surface area contributed by atoms with E-state index in [0.717, 1.165) is 17.5 Å². The first-order valence-corrected chi connectivity index (χ1v) is 4.87. The maximum atomic E-state index is 11.1. The van der Waals surface area contributed by atoms with Gasteiger partial charge in [-0.15, -0.1) is 0 Å². The Hall–Kier alpha value is -1.63. The van der Waals surface area contributed by atoms with Crippen molar-refractivity contribution in [1.82, 2.24) is 5.43 Å². The summed E-state index contributed by atoms with van der Waals surface area (Å²) in [7, 11) is 0. The van der Waals surface area contributed by atoms with Gasteiger partial charge < -0.3 is 5.32 Å². The highest BCUT2D eigenvalue weighted by molar-refractivity contribution is 5.89. The SMILES string of the molecule is CCc1cccc(NC(=O)NN)c1COO. The van der Waals surface area contributed by atoms with Crippen molar-refractivity contribution in [3.05, 3.63) is 29.3 Å². The van der Waals surface area contributed by atoms with Gasteiger partial charge in [0.15, 0.2) is 0 Å². The minimum absolute atomic E-state index is 0.0181. The summed E-state index contributed by atoms with van der Waals surface area (Å²) in [6.45, 7) is 1.99. The molecule has 0 radical (unpaired) electrons. The first kappa shape index (κ1) is 12.4. The summed E-state index contributed by atoms with van der Waals surface area (Å²) in [5.74, 6) is 4.97. The largest absolute Gasteiger partial charge is 0.333 e. The molecule has 2 amide bonds. The van der Waals surface area contributed by atoms with Crippen LogP contribution in [0.15, 0.2) is 18.2 Å². The number of nitrogens with two attached hydrogens (primary N) is 1. The molecule has 0 atom stereocenters. The fourth-order valence-electron chi connectivity index (χ4n) is 1.48. The van der Waals surface area contributed by atoms with E-state index in [0.29, 0.717) is 5.69 Å². The summed E-state index contributed by atoms with van der Waals surface area (Å²) >= 11 is 0. The number of urea groups is 1. The maximum absolute atomic E-state index is 11.1. The lowest BCUT2D eigenvalue weighted by molar-refractivity contribution is -0.252. The number of anilines is 1. The summed E-state index contributed by atoms with van der Waals surface area (Å²) in [6.07, 6.45) is 0.776. The van der Waals surface area contributed by atoms with Gasteiger partial charge in [-0.3, -0.25) is 10.7 Å². The number of carbonyl (C=O) groups excluding carboxylic acids is 1. The summed E-state index contributed by atoms with van der Waals surface area (Å²) in [4.78, 5) is 15.2. The molecule has 0 aliphatic rings. The van der Waals surface area contributed by atoms with E-state index >= 15 is 0 Å². The number of nitrogens with one attached hydrogen (secondary N) is 2. The molecule has 5 N–H and O–H groups in total. The van der Waals surface area contributed by atoms with Crippen molar-refractivity contribution in [1.29, 1.82) is 0 Å². The Labute approximate surface area is 93.3 Å². The van der Waals surface area contributed by atoms with E-state index < -0.39 is 6.03 Å². The number of aryl methyl sites for hydroxylation is 1. The van der Waals surface area contributed by atoms with Crippen LogP contribution >= 0.6 is 0 Å². The van der Waals surface area contributed by atoms with Gasteiger partial charge in [0.05, 0.1) is 0 Å². The van der Waals surface area contributed by atoms with Crippen LogP contribution in [0, 0.1) is 0 Å². The first-order valence-electron chi connectivity index (χ1n) is 4.87. The minimum atomic E-state index is -0.521. The maximum Gasteiger partial charge on any atom is 0.333 e. The Morgan fingerprint density at radius 3 is 2.88 bits per heavy atom. The zero-order valence-electron chi connectivity index (χ0n) is 8.99. The third kappa shape index (κ3) is 2.93. The van der Waals surface area contributed by atoms with E-state index in [2.05, 4.69) is 10.2 Å². The molecule has 0 bridgehead atoms. The van der Waals surface area contributed by atoms with Crippen LogP contribution in [0.4, 0.5) is 10.5 Å². The van der Waals surface area contributed by atoms with Gasteiger partial charge >= 0.3 is 6.03 Å². The highest BCUT2D eigenvalue weighted by Gasteiger charge is 2.09. The molecular formula is C10H15N3O3. The third-order valence-electron chi connectivity index (χ3n) is 2.24. The number of carbonyl (C=O) groups is 1. The van der Waals surface area contributed by atoms with E-state index in [-0.39, 0.29) is 6.61 Å². The lowest BCUT2D eigenvalue weighted by atomic mass is 10.0. The molecule has 16 heavy (non-hydrogen) atoms. The Kier molecular flexibility index (Phi) is 4.71. The van der Waals surface area contributed by atoms with E-state index in [1.807, 2.05) is 24.5 Å². The zero-order valence-corrected chi connectivity index (χ0v) is 8.99. The van der Waals surface area contributed by atoms with Crippen molar-refractivity contribution >= 4 is 11.7 Å². The van der Waals surface area contributed by atoms with Crippen molar-refractivity contribution in [2.75, 3.05) is 5.32 Å². The summed E-state index contributed by atoms with van der Waals surface area (Å²) < 4.78 is 0. The molecule has 0 aromatic heterocycles.